The van der Waals surface area contributed by atoms with Crippen LogP contribution in [-0.2, 0) is 12.8 Å². The lowest BCUT2D eigenvalue weighted by Gasteiger charge is -2.11. The Hall–Kier alpha value is -0.865. The van der Waals surface area contributed by atoms with Crippen molar-refractivity contribution >= 4 is 8.41 Å². The molecule has 0 aliphatic carbocycles. The van der Waals surface area contributed by atoms with Gasteiger partial charge in [0.25, 0.3) is 0 Å². The first-order valence-electron chi connectivity index (χ1n) is 6.82. The van der Waals surface area contributed by atoms with Crippen LogP contribution in [0.3, 0.4) is 0 Å². The van der Waals surface area contributed by atoms with Crippen LogP contribution in [0.4, 0.5) is 0 Å². The molecule has 1 heterocycles. The van der Waals surface area contributed by atoms with E-state index in [1.165, 1.54) is 11.4 Å². The minimum absolute atomic E-state index is 0. The molecule has 0 atom stereocenters. The Kier molecular flexibility index (Phi) is 17.6. The van der Waals surface area contributed by atoms with Crippen LogP contribution in [0.15, 0.2) is 18.2 Å². The third-order valence-electron chi connectivity index (χ3n) is 2.49. The molecule has 3 nitrogen and oxygen atoms in total. The van der Waals surface area contributed by atoms with E-state index in [2.05, 4.69) is 61.2 Å². The van der Waals surface area contributed by atoms with Crippen LogP contribution in [0.1, 0.15) is 32.7 Å². The van der Waals surface area contributed by atoms with Gasteiger partial charge in [0.2, 0.25) is 0 Å². The van der Waals surface area contributed by atoms with Crippen LogP contribution < -0.4 is 0 Å². The molecule has 0 saturated carbocycles. The van der Waals surface area contributed by atoms with Crippen LogP contribution in [-0.4, -0.2) is 64.5 Å². The fourth-order valence-electron chi connectivity index (χ4n) is 1.48. The highest BCUT2D eigenvalue weighted by molar-refractivity contribution is 5.75. The number of rotatable bonds is 6. The third-order valence-corrected chi connectivity index (χ3v) is 2.49. The highest BCUT2D eigenvalue weighted by atomic mass is 15.1. The van der Waals surface area contributed by atoms with Crippen molar-refractivity contribution in [2.45, 2.75) is 34.1 Å². The Bertz CT molecular complexity index is 287. The maximum atomic E-state index is 4.66. The zero-order chi connectivity index (χ0) is 14.0. The van der Waals surface area contributed by atoms with Gasteiger partial charge in [-0.2, -0.15) is 0 Å². The lowest BCUT2D eigenvalue weighted by atomic mass is 10.2. The van der Waals surface area contributed by atoms with Crippen LogP contribution >= 0.6 is 0 Å². The normalized spacial score (nSPS) is 9.40. The van der Waals surface area contributed by atoms with Crippen LogP contribution in [0.5, 0.6) is 0 Å². The summed E-state index contributed by atoms with van der Waals surface area (Å²) in [4.78, 5) is 9.04. The van der Waals surface area contributed by atoms with Gasteiger partial charge in [-0.05, 0) is 40.3 Å². The number of aromatic nitrogens is 1. The molecule has 0 aromatic carbocycles. The molecule has 1 aromatic rings. The van der Waals surface area contributed by atoms with Gasteiger partial charge in [-0.25, -0.2) is 0 Å². The van der Waals surface area contributed by atoms with E-state index in [4.69, 9.17) is 0 Å². The van der Waals surface area contributed by atoms with Gasteiger partial charge < -0.3 is 9.80 Å². The largest absolute Gasteiger partial charge is 0.309 e. The van der Waals surface area contributed by atoms with Crippen molar-refractivity contribution < 1.29 is 0 Å². The Morgan fingerprint density at radius 2 is 1.20 bits per heavy atom. The topological polar surface area (TPSA) is 19.4 Å². The molecule has 0 bridgehead atoms. The van der Waals surface area contributed by atoms with Crippen LogP contribution in [0.2, 0.25) is 0 Å². The molecule has 4 heteroatoms. The molecule has 0 saturated heterocycles. The first-order chi connectivity index (χ1) is 8.58. The number of hydrogen-bond donors (Lipinski definition) is 0. The molecule has 0 aliphatic rings. The summed E-state index contributed by atoms with van der Waals surface area (Å²) in [6.45, 7) is 6.12. The van der Waals surface area contributed by atoms with E-state index >= 15 is 0 Å². The molecule has 115 valence electrons. The van der Waals surface area contributed by atoms with Crippen molar-refractivity contribution in [3.05, 3.63) is 29.6 Å². The second kappa shape index (κ2) is 14.5. The number of nitrogens with zero attached hydrogens (tertiary/aromatic N) is 3. The fraction of sp³-hybridized carbons (Fsp3) is 0.688. The van der Waals surface area contributed by atoms with Gasteiger partial charge in [0.05, 0.1) is 0 Å². The summed E-state index contributed by atoms with van der Waals surface area (Å²) < 4.78 is 0. The van der Waals surface area contributed by atoms with Crippen LogP contribution in [0.25, 0.3) is 0 Å². The maximum absolute atomic E-state index is 4.66. The van der Waals surface area contributed by atoms with E-state index in [1.807, 2.05) is 13.8 Å². The number of pyridine rings is 1. The van der Waals surface area contributed by atoms with E-state index in [0.29, 0.717) is 0 Å². The van der Waals surface area contributed by atoms with E-state index in [0.717, 1.165) is 25.9 Å². The molecule has 3 radical (unpaired) electrons. The summed E-state index contributed by atoms with van der Waals surface area (Å²) in [5.41, 5.74) is 2.40. The Morgan fingerprint density at radius 1 is 0.850 bits per heavy atom. The summed E-state index contributed by atoms with van der Waals surface area (Å²) in [5.74, 6) is 0. The number of hydrogen-bond acceptors (Lipinski definition) is 3. The summed E-state index contributed by atoms with van der Waals surface area (Å²) >= 11 is 0. The molecule has 0 unspecified atom stereocenters. The molecular formula is C16H33BN3. The smallest absolute Gasteiger partial charge is 0.0419 e. The van der Waals surface area contributed by atoms with Crippen molar-refractivity contribution in [1.29, 1.82) is 0 Å². The summed E-state index contributed by atoms with van der Waals surface area (Å²) in [6.07, 6.45) is 2.06. The second-order valence-corrected chi connectivity index (χ2v) is 4.73. The number of likely N-dealkylation sites (N-methyl/N-ethyl adjacent to an activating group) is 2. The molecule has 0 aliphatic heterocycles. The molecule has 0 amide bonds. The summed E-state index contributed by atoms with van der Waals surface area (Å²) in [7, 11) is 8.37. The van der Waals surface area contributed by atoms with Crippen molar-refractivity contribution in [2.24, 2.45) is 0 Å². The van der Waals surface area contributed by atoms with Gasteiger partial charge in [0, 0.05) is 45.7 Å². The molecule has 0 fully saturated rings. The van der Waals surface area contributed by atoms with Crippen molar-refractivity contribution in [2.75, 3.05) is 41.3 Å². The Balaban J connectivity index is -0.000000689. The van der Waals surface area contributed by atoms with Gasteiger partial charge in [-0.1, -0.05) is 27.3 Å². The zero-order valence-electron chi connectivity index (χ0n) is 13.5. The van der Waals surface area contributed by atoms with Gasteiger partial charge in [-0.3, -0.25) is 4.98 Å². The first-order valence-corrected chi connectivity index (χ1v) is 6.82. The van der Waals surface area contributed by atoms with Crippen molar-refractivity contribution in [1.82, 2.24) is 14.8 Å². The average molecular weight is 278 g/mol. The monoisotopic (exact) mass is 278 g/mol. The minimum atomic E-state index is 0. The molecule has 20 heavy (non-hydrogen) atoms. The SMILES string of the molecule is C.CC.CN(C)CCc1cccc(CCN(C)C)n1.[B]. The molecule has 0 N–H and O–H groups in total. The van der Waals surface area contributed by atoms with E-state index in [-0.39, 0.29) is 15.8 Å². The predicted octanol–water partition coefficient (Wildman–Crippen LogP) is 2.57. The summed E-state index contributed by atoms with van der Waals surface area (Å²) in [6, 6.07) is 6.34. The van der Waals surface area contributed by atoms with Gasteiger partial charge in [0.15, 0.2) is 0 Å². The fourth-order valence-corrected chi connectivity index (χ4v) is 1.48. The highest BCUT2D eigenvalue weighted by Crippen LogP contribution is 2.02. The lowest BCUT2D eigenvalue weighted by molar-refractivity contribution is 0.407. The molecule has 0 spiro atoms. The average Bonchev–Trinajstić information content (AvgIpc) is 2.37. The molecular weight excluding hydrogens is 245 g/mol. The van der Waals surface area contributed by atoms with E-state index in [9.17, 15) is 0 Å². The van der Waals surface area contributed by atoms with E-state index < -0.39 is 0 Å². The Morgan fingerprint density at radius 3 is 1.50 bits per heavy atom. The quantitative estimate of drug-likeness (QED) is 0.746. The summed E-state index contributed by atoms with van der Waals surface area (Å²) in [5, 5.41) is 0. The zero-order valence-corrected chi connectivity index (χ0v) is 13.5. The van der Waals surface area contributed by atoms with Crippen molar-refractivity contribution in [3.8, 4) is 0 Å². The standard InChI is InChI=1S/C13H23N3.C2H6.CH4.B/c1-15(2)10-8-12-6-5-7-13(14-12)9-11-16(3)4;1-2;;/h5-7H,8-11H2,1-4H3;1-2H3;1H4;. The predicted molar refractivity (Wildman–Crippen MR) is 92.6 cm³/mol. The third kappa shape index (κ3) is 12.2. The van der Waals surface area contributed by atoms with Crippen LogP contribution in [0, 0.1) is 0 Å². The Labute approximate surface area is 129 Å². The van der Waals surface area contributed by atoms with Gasteiger partial charge in [0.1, 0.15) is 0 Å². The van der Waals surface area contributed by atoms with Gasteiger partial charge >= 0.3 is 0 Å². The van der Waals surface area contributed by atoms with Gasteiger partial charge in [-0.15, -0.1) is 0 Å². The minimum Gasteiger partial charge on any atom is -0.309 e. The maximum Gasteiger partial charge on any atom is 0.0419 e. The van der Waals surface area contributed by atoms with Crippen molar-refractivity contribution in [3.63, 3.8) is 0 Å². The lowest BCUT2D eigenvalue weighted by Crippen LogP contribution is -2.17. The molecule has 1 rings (SSSR count). The molecule has 1 aromatic heterocycles. The highest BCUT2D eigenvalue weighted by Gasteiger charge is 2.00. The second-order valence-electron chi connectivity index (χ2n) is 4.73. The first kappa shape index (κ1) is 24.2. The van der Waals surface area contributed by atoms with E-state index in [1.54, 1.807) is 0 Å².